The van der Waals surface area contributed by atoms with Gasteiger partial charge in [-0.25, -0.2) is 47.1 Å². The van der Waals surface area contributed by atoms with Crippen LogP contribution in [0, 0.1) is 23.3 Å². The van der Waals surface area contributed by atoms with Crippen LogP contribution in [0.5, 0.6) is 11.8 Å². The van der Waals surface area contributed by atoms with E-state index in [4.69, 9.17) is 65.4 Å². The van der Waals surface area contributed by atoms with Crippen molar-refractivity contribution in [2.24, 2.45) is 0 Å². The first-order valence-electron chi connectivity index (χ1n) is 26.9. The third-order valence-corrected chi connectivity index (χ3v) is 15.2. The summed E-state index contributed by atoms with van der Waals surface area (Å²) >= 11 is 25.8. The highest BCUT2D eigenvalue weighted by Crippen LogP contribution is 2.34. The lowest BCUT2D eigenvalue weighted by atomic mass is 10.0. The second-order valence-corrected chi connectivity index (χ2v) is 21.2. The number of carbonyl (C=O) groups excluding carboxylic acids is 2. The number of methoxy groups -OCH3 is 2. The quantitative estimate of drug-likeness (QED) is 0.0460. The molecule has 0 aliphatic heterocycles. The van der Waals surface area contributed by atoms with E-state index in [0.717, 1.165) is 12.1 Å². The molecule has 20 nitrogen and oxygen atoms in total. The molecule has 0 aliphatic carbocycles. The van der Waals surface area contributed by atoms with E-state index < -0.39 is 35.2 Å². The number of amides is 2. The molecule has 6 heterocycles. The minimum Gasteiger partial charge on any atom is -0.478 e. The Balaban J connectivity index is 0.000000213. The number of benzene rings is 4. The molecule has 4 aromatic carbocycles. The van der Waals surface area contributed by atoms with Gasteiger partial charge in [-0.1, -0.05) is 58.5 Å². The summed E-state index contributed by atoms with van der Waals surface area (Å²) < 4.78 is 85.8. The molecular formula is C62H50Cl4F4N10O10. The van der Waals surface area contributed by atoms with Crippen molar-refractivity contribution in [2.45, 2.75) is 39.1 Å². The van der Waals surface area contributed by atoms with Crippen molar-refractivity contribution in [3.8, 4) is 34.3 Å². The monoisotopic (exact) mass is 1310 g/mol. The first kappa shape index (κ1) is 65.2. The number of aromatic carboxylic acids is 2. The number of fused-ring (bicyclic) bond motifs is 2. The largest absolute Gasteiger partial charge is 0.478 e. The number of imidazole rings is 2. The third-order valence-electron chi connectivity index (χ3n) is 13.8. The van der Waals surface area contributed by atoms with Gasteiger partial charge >= 0.3 is 11.9 Å². The van der Waals surface area contributed by atoms with Gasteiger partial charge in [0.15, 0.2) is 11.6 Å². The number of hydrogen-bond acceptors (Lipinski definition) is 14. The molecule has 90 heavy (non-hydrogen) atoms. The molecule has 4 N–H and O–H groups in total. The van der Waals surface area contributed by atoms with Crippen LogP contribution in [0.2, 0.25) is 20.1 Å². The molecule has 10 aromatic rings. The molecule has 464 valence electrons. The summed E-state index contributed by atoms with van der Waals surface area (Å²) in [7, 11) is 5.97. The fourth-order valence-corrected chi connectivity index (χ4v) is 10.1. The maximum Gasteiger partial charge on any atom is 0.335 e. The number of nitrogens with zero attached hydrogens (tertiary/aromatic N) is 8. The van der Waals surface area contributed by atoms with Gasteiger partial charge in [-0.3, -0.25) is 19.6 Å². The van der Waals surface area contributed by atoms with E-state index in [2.05, 4.69) is 40.5 Å². The summed E-state index contributed by atoms with van der Waals surface area (Å²) in [6.07, 6.45) is 2.91. The topological polar surface area (TPSA) is 257 Å². The smallest absolute Gasteiger partial charge is 0.335 e. The van der Waals surface area contributed by atoms with E-state index >= 15 is 8.78 Å². The molecule has 0 saturated carbocycles. The van der Waals surface area contributed by atoms with Crippen LogP contribution in [0.1, 0.15) is 75.6 Å². The highest BCUT2D eigenvalue weighted by molar-refractivity contribution is 6.32. The van der Waals surface area contributed by atoms with Crippen molar-refractivity contribution in [1.82, 2.24) is 49.7 Å². The van der Waals surface area contributed by atoms with Gasteiger partial charge in [-0.05, 0) is 83.9 Å². The van der Waals surface area contributed by atoms with Crippen LogP contribution < -0.4 is 20.1 Å². The Hall–Kier alpha value is -9.30. The zero-order chi connectivity index (χ0) is 64.5. The fourth-order valence-electron chi connectivity index (χ4n) is 9.25. The number of ether oxygens (including phenoxy) is 4. The van der Waals surface area contributed by atoms with Crippen molar-refractivity contribution in [3.05, 3.63) is 209 Å². The molecule has 0 saturated heterocycles. The zero-order valence-corrected chi connectivity index (χ0v) is 50.8. The standard InChI is InChI=1S/2C31H25Cl2F2N5O5/c2*1-36-30(41)25-13-21(33)18(14-37-25)15-45-28-5-3-4-24(38-28)19-12-20(32)16(8-22(19)34)11-27-39-29-23(35)9-17(31(42)43)10-26(29)40(27)6-7-44-2/h2*3-5,8-10,12-14H,6-7,11,15H2,1-2H3,(H,36,41)(H,42,43). The summed E-state index contributed by atoms with van der Waals surface area (Å²) in [4.78, 5) is 72.3. The Morgan fingerprint density at radius 3 is 1.26 bits per heavy atom. The number of carboxylic acids is 2. The van der Waals surface area contributed by atoms with Gasteiger partial charge in [-0.15, -0.1) is 0 Å². The number of rotatable bonds is 22. The second-order valence-electron chi connectivity index (χ2n) is 19.6. The van der Waals surface area contributed by atoms with Gasteiger partial charge < -0.3 is 48.9 Å². The van der Waals surface area contributed by atoms with Crippen LogP contribution in [-0.4, -0.2) is 115 Å². The van der Waals surface area contributed by atoms with E-state index in [1.165, 1.54) is 89.2 Å². The van der Waals surface area contributed by atoms with Gasteiger partial charge in [0.1, 0.15) is 58.9 Å². The number of hydrogen-bond donors (Lipinski definition) is 4. The molecule has 0 atom stereocenters. The highest BCUT2D eigenvalue weighted by atomic mass is 35.5. The average Bonchev–Trinajstić information content (AvgIpc) is 2.35. The van der Waals surface area contributed by atoms with Crippen molar-refractivity contribution in [1.29, 1.82) is 0 Å². The molecule has 0 radical (unpaired) electrons. The predicted octanol–water partition coefficient (Wildman–Crippen LogP) is 11.9. The van der Waals surface area contributed by atoms with E-state index in [9.17, 15) is 38.2 Å². The second kappa shape index (κ2) is 28.9. The minimum atomic E-state index is -1.28. The number of halogens is 8. The molecule has 6 aromatic heterocycles. The summed E-state index contributed by atoms with van der Waals surface area (Å²) in [5.74, 6) is -5.05. The summed E-state index contributed by atoms with van der Waals surface area (Å²) in [6.45, 7) is 0.978. The SMILES string of the molecule is CNC(=O)c1cc(Cl)c(COc2cccc(-c3cc(Cl)c(Cc4nc5c(F)cc(C(=O)O)cc5n4CCOC)cc3F)n2)cn1.CNC(=O)c1cc(Cl)c(COc2cccc(-c3cc(Cl)c(Cc4nc5c(F)cc(C(=O)O)cc5n4CCOC)cc3F)n2)cn1. The van der Waals surface area contributed by atoms with Crippen LogP contribution in [0.25, 0.3) is 44.6 Å². The van der Waals surface area contributed by atoms with Gasteiger partial charge in [0.25, 0.3) is 11.8 Å². The molecule has 0 fully saturated rings. The predicted molar refractivity (Wildman–Crippen MR) is 326 cm³/mol. The maximum atomic E-state index is 15.5. The highest BCUT2D eigenvalue weighted by Gasteiger charge is 2.24. The van der Waals surface area contributed by atoms with Crippen LogP contribution in [0.3, 0.4) is 0 Å². The zero-order valence-electron chi connectivity index (χ0n) is 47.8. The van der Waals surface area contributed by atoms with Crippen LogP contribution >= 0.6 is 46.4 Å². The lowest BCUT2D eigenvalue weighted by molar-refractivity contribution is 0.0686. The Morgan fingerprint density at radius 2 is 0.900 bits per heavy atom. The van der Waals surface area contributed by atoms with Crippen molar-refractivity contribution >= 4 is 92.2 Å². The van der Waals surface area contributed by atoms with E-state index in [0.29, 0.717) is 33.9 Å². The molecule has 0 aliphatic rings. The van der Waals surface area contributed by atoms with Gasteiger partial charge in [0.2, 0.25) is 11.8 Å². The molecular weight excluding hydrogens is 1260 g/mol. The molecule has 0 bridgehead atoms. The van der Waals surface area contributed by atoms with Gasteiger partial charge in [0, 0.05) is 111 Å². The fraction of sp³-hybridized carbons (Fsp3) is 0.194. The third kappa shape index (κ3) is 14.9. The maximum absolute atomic E-state index is 15.5. The van der Waals surface area contributed by atoms with Crippen molar-refractivity contribution in [2.75, 3.05) is 41.5 Å². The molecule has 0 spiro atoms. The van der Waals surface area contributed by atoms with E-state index in [1.54, 1.807) is 45.5 Å². The Kier molecular flexibility index (Phi) is 20.9. The lowest BCUT2D eigenvalue weighted by Gasteiger charge is -2.12. The molecule has 2 amide bonds. The number of aromatic nitrogens is 8. The first-order valence-corrected chi connectivity index (χ1v) is 28.4. The molecule has 28 heteroatoms. The van der Waals surface area contributed by atoms with Crippen LogP contribution in [-0.2, 0) is 48.6 Å². The summed E-state index contributed by atoms with van der Waals surface area (Å²) in [5.41, 5.74) is 2.93. The Labute approximate surface area is 529 Å². The summed E-state index contributed by atoms with van der Waals surface area (Å²) in [6, 6.07) is 22.4. The van der Waals surface area contributed by atoms with E-state index in [-0.39, 0.29) is 163 Å². The number of carboxylic acid groups (broad SMARTS) is 2. The first-order chi connectivity index (χ1) is 43.2. The van der Waals surface area contributed by atoms with Crippen LogP contribution in [0.15, 0.2) is 109 Å². The number of carbonyl (C=O) groups is 4. The Bertz CT molecular complexity index is 4150. The summed E-state index contributed by atoms with van der Waals surface area (Å²) in [5, 5.41) is 24.7. The molecule has 0 unspecified atom stereocenters. The van der Waals surface area contributed by atoms with Gasteiger partial charge in [-0.2, -0.15) is 0 Å². The minimum absolute atomic E-state index is 0.00287. The van der Waals surface area contributed by atoms with Crippen LogP contribution in [0.4, 0.5) is 17.6 Å². The number of nitrogens with one attached hydrogen (secondary N) is 2. The molecule has 10 rings (SSSR count). The van der Waals surface area contributed by atoms with Crippen molar-refractivity contribution < 1.29 is 65.9 Å². The Morgan fingerprint density at radius 1 is 0.511 bits per heavy atom. The normalized spacial score (nSPS) is 11.2. The van der Waals surface area contributed by atoms with E-state index in [1.807, 2.05) is 0 Å². The van der Waals surface area contributed by atoms with Gasteiger partial charge in [0.05, 0.1) is 56.8 Å². The number of pyridine rings is 4. The lowest BCUT2D eigenvalue weighted by Crippen LogP contribution is -2.19. The van der Waals surface area contributed by atoms with Crippen molar-refractivity contribution in [3.63, 3.8) is 0 Å². The average molecular weight is 1310 g/mol.